The van der Waals surface area contributed by atoms with Gasteiger partial charge in [0.25, 0.3) is 0 Å². The van der Waals surface area contributed by atoms with Crippen LogP contribution in [0.25, 0.3) is 0 Å². The van der Waals surface area contributed by atoms with E-state index >= 15 is 0 Å². The number of hydrogen-bond acceptors (Lipinski definition) is 7. The molecule has 4 rings (SSSR count). The van der Waals surface area contributed by atoms with Crippen molar-refractivity contribution >= 4 is 29.2 Å². The fourth-order valence-corrected chi connectivity index (χ4v) is 6.22. The maximum absolute atomic E-state index is 13.6. The van der Waals surface area contributed by atoms with Crippen LogP contribution in [0.2, 0.25) is 0 Å². The van der Waals surface area contributed by atoms with Crippen LogP contribution in [0.1, 0.15) is 40.5 Å². The monoisotopic (exact) mass is 473 g/mol. The molecule has 2 N–H and O–H groups in total. The van der Waals surface area contributed by atoms with Gasteiger partial charge >= 0.3 is 5.97 Å². The second-order valence-electron chi connectivity index (χ2n) is 9.44. The summed E-state index contributed by atoms with van der Waals surface area (Å²) in [6.45, 7) is 9.38. The number of carbonyl (C=O) groups is 3. The van der Waals surface area contributed by atoms with Gasteiger partial charge < -0.3 is 29.7 Å². The van der Waals surface area contributed by atoms with Crippen LogP contribution in [0.15, 0.2) is 24.3 Å². The van der Waals surface area contributed by atoms with E-state index in [9.17, 15) is 19.5 Å². The molecule has 9 heteroatoms. The third kappa shape index (κ3) is 3.65. The average molecular weight is 474 g/mol. The lowest BCUT2D eigenvalue weighted by atomic mass is 9.66. The number of amides is 2. The molecular weight excluding hydrogens is 438 g/mol. The third-order valence-electron chi connectivity index (χ3n) is 7.67. The molecule has 3 saturated heterocycles. The molecule has 3 heterocycles. The summed E-state index contributed by atoms with van der Waals surface area (Å²) in [5.41, 5.74) is -0.314. The lowest BCUT2D eigenvalue weighted by molar-refractivity contribution is -0.159. The number of ether oxygens (including phenoxy) is 2. The molecule has 1 aromatic carbocycles. The van der Waals surface area contributed by atoms with E-state index in [-0.39, 0.29) is 31.6 Å². The topological polar surface area (TPSA) is 108 Å². The molecule has 5 atom stereocenters. The minimum Gasteiger partial charge on any atom is -0.466 e. The Hall–Kier alpha value is -2.65. The van der Waals surface area contributed by atoms with Gasteiger partial charge in [0.15, 0.2) is 0 Å². The summed E-state index contributed by atoms with van der Waals surface area (Å²) in [4.78, 5) is 43.6. The van der Waals surface area contributed by atoms with Gasteiger partial charge in [-0.3, -0.25) is 14.4 Å². The number of β-amino-alcohol motifs (C(OH)–C–C–N with tert-alkyl or cyclic N) is 1. The van der Waals surface area contributed by atoms with Crippen molar-refractivity contribution in [3.05, 3.63) is 24.3 Å². The lowest BCUT2D eigenvalue weighted by Crippen LogP contribution is -2.53. The lowest BCUT2D eigenvalue weighted by Gasteiger charge is -2.33. The summed E-state index contributed by atoms with van der Waals surface area (Å²) in [7, 11) is 0. The highest BCUT2D eigenvalue weighted by atomic mass is 16.6. The van der Waals surface area contributed by atoms with E-state index < -0.39 is 35.0 Å². The van der Waals surface area contributed by atoms with Crippen molar-refractivity contribution in [1.29, 1.82) is 0 Å². The van der Waals surface area contributed by atoms with Gasteiger partial charge in [0.1, 0.15) is 17.6 Å². The number of nitrogens with one attached hydrogen (secondary N) is 1. The van der Waals surface area contributed by atoms with Crippen LogP contribution in [0.3, 0.4) is 0 Å². The molecule has 2 unspecified atom stereocenters. The Bertz CT molecular complexity index is 948. The predicted molar refractivity (Wildman–Crippen MR) is 126 cm³/mol. The van der Waals surface area contributed by atoms with Crippen LogP contribution in [-0.2, 0) is 23.9 Å². The van der Waals surface area contributed by atoms with Crippen molar-refractivity contribution in [3.63, 3.8) is 0 Å². The van der Waals surface area contributed by atoms with Gasteiger partial charge in [-0.1, -0.05) is 0 Å². The molecule has 2 amide bonds. The van der Waals surface area contributed by atoms with Gasteiger partial charge in [0.2, 0.25) is 11.8 Å². The quantitative estimate of drug-likeness (QED) is 0.527. The first-order valence-corrected chi connectivity index (χ1v) is 12.2. The van der Waals surface area contributed by atoms with E-state index in [1.807, 2.05) is 31.2 Å². The Morgan fingerprint density at radius 3 is 2.47 bits per heavy atom. The molecule has 0 radical (unpaired) electrons. The number of aliphatic hydroxyl groups is 1. The molecule has 34 heavy (non-hydrogen) atoms. The number of hydrogen-bond donors (Lipinski definition) is 2. The summed E-state index contributed by atoms with van der Waals surface area (Å²) < 4.78 is 11.7. The zero-order chi connectivity index (χ0) is 24.7. The first-order chi connectivity index (χ1) is 16.3. The highest BCUT2D eigenvalue weighted by Crippen LogP contribution is 2.63. The number of carbonyl (C=O) groups excluding carboxylic acids is 3. The number of benzene rings is 1. The number of aliphatic hydroxyl groups excluding tert-OH is 1. The van der Waals surface area contributed by atoms with Crippen molar-refractivity contribution in [2.24, 2.45) is 11.8 Å². The van der Waals surface area contributed by atoms with Gasteiger partial charge in [-0.25, -0.2) is 0 Å². The summed E-state index contributed by atoms with van der Waals surface area (Å²) in [5.74, 6) is -2.78. The Labute approximate surface area is 200 Å². The van der Waals surface area contributed by atoms with Crippen LogP contribution < -0.4 is 10.2 Å². The van der Waals surface area contributed by atoms with E-state index in [2.05, 4.69) is 24.1 Å². The minimum atomic E-state index is -1.12. The second-order valence-corrected chi connectivity index (χ2v) is 9.44. The molecule has 0 aromatic heterocycles. The first kappa shape index (κ1) is 24.5. The van der Waals surface area contributed by atoms with E-state index in [0.29, 0.717) is 18.5 Å². The largest absolute Gasteiger partial charge is 0.466 e. The zero-order valence-corrected chi connectivity index (χ0v) is 20.4. The molecule has 186 valence electrons. The van der Waals surface area contributed by atoms with Crippen LogP contribution in [0.5, 0.6) is 0 Å². The molecule has 1 aromatic rings. The van der Waals surface area contributed by atoms with Gasteiger partial charge in [-0.2, -0.15) is 0 Å². The molecule has 3 aliphatic heterocycles. The van der Waals surface area contributed by atoms with Crippen molar-refractivity contribution in [2.45, 2.75) is 57.8 Å². The number of nitrogens with zero attached hydrogens (tertiary/aromatic N) is 2. The summed E-state index contributed by atoms with van der Waals surface area (Å²) >= 11 is 0. The first-order valence-electron chi connectivity index (χ1n) is 12.2. The Kier molecular flexibility index (Phi) is 6.61. The zero-order valence-electron chi connectivity index (χ0n) is 20.4. The van der Waals surface area contributed by atoms with Gasteiger partial charge in [-0.05, 0) is 64.8 Å². The molecule has 9 nitrogen and oxygen atoms in total. The van der Waals surface area contributed by atoms with Crippen LogP contribution >= 0.6 is 0 Å². The number of rotatable bonds is 9. The SMILES string of the molecule is CCOC(=O)[C@H]1[C@H]2C(=O)N(CCO)C(C(=O)Nc3ccc(N(CC)CC)cc3)C23CC[C@]1(C)O3. The summed E-state index contributed by atoms with van der Waals surface area (Å²) in [6, 6.07) is 6.63. The smallest absolute Gasteiger partial charge is 0.312 e. The van der Waals surface area contributed by atoms with Gasteiger partial charge in [0, 0.05) is 31.0 Å². The Morgan fingerprint density at radius 1 is 1.21 bits per heavy atom. The standard InChI is InChI=1S/C25H35N3O6/c1-5-27(6-2)17-10-8-16(9-11-17)26-21(30)20-25-13-12-24(4,34-25)19(23(32)33-7-3)18(25)22(31)28(20)14-15-29/h8-11,18-20,29H,5-7,12-15H2,1-4H3,(H,26,30)/t18-,19+,20?,24-,25?/m0/s1. The van der Waals surface area contributed by atoms with Crippen LogP contribution in [0.4, 0.5) is 11.4 Å². The minimum absolute atomic E-state index is 0.00825. The van der Waals surface area contributed by atoms with E-state index in [0.717, 1.165) is 18.8 Å². The fraction of sp³-hybridized carbons (Fsp3) is 0.640. The van der Waals surface area contributed by atoms with Gasteiger partial charge in [-0.15, -0.1) is 0 Å². The van der Waals surface area contributed by atoms with Crippen LogP contribution in [0, 0.1) is 11.8 Å². The molecule has 2 bridgehead atoms. The van der Waals surface area contributed by atoms with E-state index in [1.54, 1.807) is 6.92 Å². The second kappa shape index (κ2) is 9.19. The normalized spacial score (nSPS) is 31.5. The Morgan fingerprint density at radius 2 is 1.88 bits per heavy atom. The molecule has 0 aliphatic carbocycles. The maximum Gasteiger partial charge on any atom is 0.312 e. The van der Waals surface area contributed by atoms with Crippen molar-refractivity contribution in [3.8, 4) is 0 Å². The molecular formula is C25H35N3O6. The third-order valence-corrected chi connectivity index (χ3v) is 7.67. The fourth-order valence-electron chi connectivity index (χ4n) is 6.22. The van der Waals surface area contributed by atoms with Crippen molar-refractivity contribution in [2.75, 3.05) is 43.1 Å². The summed E-state index contributed by atoms with van der Waals surface area (Å²) in [6.07, 6.45) is 1.03. The van der Waals surface area contributed by atoms with Crippen molar-refractivity contribution < 1.29 is 29.0 Å². The number of anilines is 2. The summed E-state index contributed by atoms with van der Waals surface area (Å²) in [5, 5.41) is 12.6. The highest BCUT2D eigenvalue weighted by Gasteiger charge is 2.78. The van der Waals surface area contributed by atoms with Gasteiger partial charge in [0.05, 0.1) is 24.7 Å². The highest BCUT2D eigenvalue weighted by molar-refractivity contribution is 6.03. The molecule has 3 aliphatic rings. The number of esters is 1. The van der Waals surface area contributed by atoms with Crippen LogP contribution in [-0.4, -0.2) is 77.9 Å². The van der Waals surface area contributed by atoms with E-state index in [4.69, 9.17) is 9.47 Å². The predicted octanol–water partition coefficient (Wildman–Crippen LogP) is 1.79. The van der Waals surface area contributed by atoms with E-state index in [1.165, 1.54) is 4.90 Å². The number of likely N-dealkylation sites (tertiary alicyclic amines) is 1. The number of fused-ring (bicyclic) bond motifs is 1. The maximum atomic E-state index is 13.6. The Balaban J connectivity index is 1.63. The molecule has 1 spiro atoms. The molecule has 3 fully saturated rings. The average Bonchev–Trinajstić information content (AvgIpc) is 3.37. The van der Waals surface area contributed by atoms with Crippen molar-refractivity contribution in [1.82, 2.24) is 4.90 Å². The molecule has 0 saturated carbocycles.